The first-order valence-corrected chi connectivity index (χ1v) is 17.4. The zero-order valence-electron chi connectivity index (χ0n) is 28.3. The van der Waals surface area contributed by atoms with Crippen LogP contribution in [0.1, 0.15) is 56.6 Å². The van der Waals surface area contributed by atoms with E-state index in [1.807, 2.05) is 30.3 Å². The predicted octanol–water partition coefficient (Wildman–Crippen LogP) is -0.521. The number of carbonyl (C=O) groups excluding carboxylic acids is 5. The van der Waals surface area contributed by atoms with Crippen molar-refractivity contribution in [2.45, 2.75) is 94.4 Å². The molecule has 7 N–H and O–H groups in total. The smallest absolute Gasteiger partial charge is 0.475 e. The lowest BCUT2D eigenvalue weighted by molar-refractivity contribution is -0.144. The zero-order valence-corrected chi connectivity index (χ0v) is 28.3. The van der Waals surface area contributed by atoms with Crippen molar-refractivity contribution in [1.82, 2.24) is 25.3 Å². The Balaban J connectivity index is 1.27. The molecule has 14 nitrogen and oxygen atoms in total. The molecule has 3 heterocycles. The average Bonchev–Trinajstić information content (AvgIpc) is 3.90. The highest BCUT2D eigenvalue weighted by Gasteiger charge is 2.43. The van der Waals surface area contributed by atoms with Gasteiger partial charge in [-0.05, 0) is 75.1 Å². The Morgan fingerprint density at radius 2 is 1.28 bits per heavy atom. The molecule has 0 aliphatic carbocycles. The minimum Gasteiger partial charge on any atom is -0.508 e. The summed E-state index contributed by atoms with van der Waals surface area (Å²) in [5.74, 6) is -2.87. The first-order chi connectivity index (χ1) is 23.9. The summed E-state index contributed by atoms with van der Waals surface area (Å²) in [5, 5.41) is 34.6. The topological polar surface area (TPSA) is 206 Å². The van der Waals surface area contributed by atoms with Gasteiger partial charge in [0.05, 0.1) is 12.0 Å². The van der Waals surface area contributed by atoms with Crippen LogP contribution in [0, 0.1) is 0 Å². The number of nitrogens with zero attached hydrogens (tertiary/aromatic N) is 3. The average molecular weight is 691 g/mol. The van der Waals surface area contributed by atoms with Crippen molar-refractivity contribution in [2.75, 3.05) is 19.6 Å². The van der Waals surface area contributed by atoms with Crippen molar-refractivity contribution in [3.8, 4) is 5.75 Å². The van der Waals surface area contributed by atoms with Crippen LogP contribution in [0.3, 0.4) is 0 Å². The molecule has 2 aromatic carbocycles. The molecule has 5 amide bonds. The van der Waals surface area contributed by atoms with Gasteiger partial charge in [0.2, 0.25) is 29.5 Å². The van der Waals surface area contributed by atoms with E-state index in [9.17, 15) is 39.1 Å². The summed E-state index contributed by atoms with van der Waals surface area (Å²) in [4.78, 5) is 72.4. The Morgan fingerprint density at radius 3 is 1.90 bits per heavy atom. The number of nitrogens with two attached hydrogens (primary N) is 1. The molecule has 6 unspecified atom stereocenters. The number of benzene rings is 2. The molecule has 6 atom stereocenters. The maximum Gasteiger partial charge on any atom is 0.475 e. The molecule has 3 fully saturated rings. The van der Waals surface area contributed by atoms with E-state index in [4.69, 9.17) is 5.73 Å². The molecule has 50 heavy (non-hydrogen) atoms. The number of rotatable bonds is 12. The second-order valence-corrected chi connectivity index (χ2v) is 13.5. The molecule has 268 valence electrons. The van der Waals surface area contributed by atoms with Crippen molar-refractivity contribution >= 4 is 36.7 Å². The molecule has 3 saturated heterocycles. The highest BCUT2D eigenvalue weighted by atomic mass is 16.4. The number of hydrogen-bond donors (Lipinski definition) is 6. The fraction of sp³-hybridized carbons (Fsp3) is 0.514. The Bertz CT molecular complexity index is 1530. The Kier molecular flexibility index (Phi) is 12.1. The number of phenolic OH excluding ortho intramolecular Hbond substituents is 1. The zero-order chi connectivity index (χ0) is 35.9. The Labute approximate surface area is 292 Å². The van der Waals surface area contributed by atoms with Crippen molar-refractivity contribution in [3.05, 3.63) is 65.7 Å². The highest BCUT2D eigenvalue weighted by molar-refractivity contribution is 6.43. The SMILES string of the molecule is CC(NC(=O)C1CCCN1C(=O)C(Cc1ccccc1)NC(=O)C1CCCN1C(=O)C(N)Cc1ccc(O)cc1)C(=O)N1CCCC1B(O)O. The Morgan fingerprint density at radius 1 is 0.740 bits per heavy atom. The van der Waals surface area contributed by atoms with Gasteiger partial charge >= 0.3 is 7.12 Å². The number of hydrogen-bond acceptors (Lipinski definition) is 9. The van der Waals surface area contributed by atoms with E-state index < -0.39 is 66.9 Å². The molecule has 0 radical (unpaired) electrons. The third-order valence-electron chi connectivity index (χ3n) is 9.94. The maximum atomic E-state index is 14.2. The maximum absolute atomic E-state index is 14.2. The van der Waals surface area contributed by atoms with Crippen LogP contribution in [0.25, 0.3) is 0 Å². The lowest BCUT2D eigenvalue weighted by atomic mass is 9.78. The molecule has 2 aromatic rings. The van der Waals surface area contributed by atoms with E-state index in [1.165, 1.54) is 33.8 Å². The lowest BCUT2D eigenvalue weighted by Gasteiger charge is -2.32. The third-order valence-corrected chi connectivity index (χ3v) is 9.94. The van der Waals surface area contributed by atoms with Crippen LogP contribution in [0.4, 0.5) is 0 Å². The van der Waals surface area contributed by atoms with Gasteiger partial charge in [-0.2, -0.15) is 0 Å². The normalized spacial score (nSPS) is 22.2. The summed E-state index contributed by atoms with van der Waals surface area (Å²) >= 11 is 0. The number of phenols is 1. The molecular weight excluding hydrogens is 643 g/mol. The number of likely N-dealkylation sites (tertiary alicyclic amines) is 3. The fourth-order valence-corrected chi connectivity index (χ4v) is 7.31. The summed E-state index contributed by atoms with van der Waals surface area (Å²) in [7, 11) is -1.68. The van der Waals surface area contributed by atoms with Gasteiger partial charge in [-0.3, -0.25) is 24.0 Å². The van der Waals surface area contributed by atoms with Crippen molar-refractivity contribution in [1.29, 1.82) is 0 Å². The molecule has 3 aliphatic rings. The molecule has 3 aliphatic heterocycles. The third kappa shape index (κ3) is 8.63. The minimum atomic E-state index is -1.68. The number of nitrogens with one attached hydrogen (secondary N) is 2. The van der Waals surface area contributed by atoms with Gasteiger partial charge < -0.3 is 46.2 Å². The van der Waals surface area contributed by atoms with E-state index >= 15 is 0 Å². The van der Waals surface area contributed by atoms with Gasteiger partial charge in [0.15, 0.2) is 0 Å². The summed E-state index contributed by atoms with van der Waals surface area (Å²) in [6.45, 7) is 2.51. The van der Waals surface area contributed by atoms with Gasteiger partial charge in [0, 0.05) is 26.1 Å². The van der Waals surface area contributed by atoms with Gasteiger partial charge in [0.1, 0.15) is 29.9 Å². The molecule has 0 spiro atoms. The van der Waals surface area contributed by atoms with Crippen LogP contribution in [0.15, 0.2) is 54.6 Å². The second-order valence-electron chi connectivity index (χ2n) is 13.5. The van der Waals surface area contributed by atoms with Gasteiger partial charge in [-0.15, -0.1) is 0 Å². The van der Waals surface area contributed by atoms with Crippen molar-refractivity contribution < 1.29 is 39.1 Å². The number of aromatic hydroxyl groups is 1. The van der Waals surface area contributed by atoms with Gasteiger partial charge in [-0.25, -0.2) is 0 Å². The van der Waals surface area contributed by atoms with Crippen molar-refractivity contribution in [2.24, 2.45) is 5.73 Å². The van der Waals surface area contributed by atoms with E-state index in [-0.39, 0.29) is 31.0 Å². The monoisotopic (exact) mass is 690 g/mol. The molecular formula is C35H47BN6O8. The predicted molar refractivity (Wildman–Crippen MR) is 184 cm³/mol. The van der Waals surface area contributed by atoms with Crippen LogP contribution in [-0.4, -0.2) is 122 Å². The summed E-state index contributed by atoms with van der Waals surface area (Å²) < 4.78 is 0. The largest absolute Gasteiger partial charge is 0.508 e. The molecule has 0 aromatic heterocycles. The van der Waals surface area contributed by atoms with E-state index in [0.29, 0.717) is 51.6 Å². The van der Waals surface area contributed by atoms with Gasteiger partial charge in [-0.1, -0.05) is 42.5 Å². The quantitative estimate of drug-likeness (QED) is 0.158. The van der Waals surface area contributed by atoms with Crippen LogP contribution >= 0.6 is 0 Å². The summed E-state index contributed by atoms with van der Waals surface area (Å²) in [6, 6.07) is 11.0. The molecule has 0 saturated carbocycles. The highest BCUT2D eigenvalue weighted by Crippen LogP contribution is 2.24. The molecule has 15 heteroatoms. The van der Waals surface area contributed by atoms with Crippen LogP contribution in [0.5, 0.6) is 5.75 Å². The van der Waals surface area contributed by atoms with Gasteiger partial charge in [0.25, 0.3) is 0 Å². The molecule has 0 bridgehead atoms. The van der Waals surface area contributed by atoms with E-state index in [2.05, 4.69) is 10.6 Å². The van der Waals surface area contributed by atoms with Crippen LogP contribution in [-0.2, 0) is 36.8 Å². The Hall–Kier alpha value is -4.47. The summed E-state index contributed by atoms with van der Waals surface area (Å²) in [6.07, 6.45) is 3.37. The summed E-state index contributed by atoms with van der Waals surface area (Å²) in [5.41, 5.74) is 7.85. The molecule has 5 rings (SSSR count). The van der Waals surface area contributed by atoms with E-state index in [0.717, 1.165) is 11.1 Å². The van der Waals surface area contributed by atoms with Crippen LogP contribution in [0.2, 0.25) is 0 Å². The first kappa shape index (κ1) is 36.8. The number of carbonyl (C=O) groups is 5. The lowest BCUT2D eigenvalue weighted by Crippen LogP contribution is -2.59. The standard InChI is InChI=1S/C35H47BN6O8/c1-22(33(46)42-19-7-12-30(42)36(49)50)38-31(44)28-10-6-18-41(28)35(48)27(21-23-8-3-2-4-9-23)39-32(45)29-11-5-17-40(29)34(47)26(37)20-24-13-15-25(43)16-14-24/h2-4,8-9,13-16,22,26-30,43,49-50H,5-7,10-12,17-21,37H2,1H3,(H,38,44)(H,39,45). The fourth-order valence-electron chi connectivity index (χ4n) is 7.31. The van der Waals surface area contributed by atoms with E-state index in [1.54, 1.807) is 12.1 Å². The number of amides is 5. The first-order valence-electron chi connectivity index (χ1n) is 17.4. The second kappa shape index (κ2) is 16.5. The van der Waals surface area contributed by atoms with Crippen LogP contribution < -0.4 is 16.4 Å². The minimum absolute atomic E-state index is 0.103. The van der Waals surface area contributed by atoms with Crippen molar-refractivity contribution in [3.63, 3.8) is 0 Å².